The fourth-order valence-electron chi connectivity index (χ4n) is 1.41. The van der Waals surface area contributed by atoms with E-state index >= 15 is 0 Å². The van der Waals surface area contributed by atoms with Crippen LogP contribution in [0.3, 0.4) is 0 Å². The van der Waals surface area contributed by atoms with E-state index in [4.69, 9.17) is 27.4 Å². The molecule has 0 aromatic carbocycles. The number of carbonyl (C=O) groups excluding carboxylic acids is 1. The fraction of sp³-hybridized carbons (Fsp3) is 0.667. The Hall–Kier alpha value is -2.40. The van der Waals surface area contributed by atoms with Crippen molar-refractivity contribution in [1.29, 1.82) is 0 Å². The molecule has 10 N–H and O–H groups in total. The van der Waals surface area contributed by atoms with Crippen LogP contribution in [0.15, 0.2) is 4.99 Å². The zero-order chi connectivity index (χ0) is 18.4. The van der Waals surface area contributed by atoms with Gasteiger partial charge in [0.05, 0.1) is 6.42 Å². The lowest BCUT2D eigenvalue weighted by molar-refractivity contribution is -0.141. The third-order valence-corrected chi connectivity index (χ3v) is 2.64. The van der Waals surface area contributed by atoms with E-state index in [-0.39, 0.29) is 12.4 Å². The van der Waals surface area contributed by atoms with Crippen molar-refractivity contribution in [2.45, 2.75) is 31.3 Å². The van der Waals surface area contributed by atoms with Crippen LogP contribution in [0.4, 0.5) is 0 Å². The minimum absolute atomic E-state index is 0.0383. The first-order valence-electron chi connectivity index (χ1n) is 6.79. The number of aliphatic carboxylic acids is 2. The van der Waals surface area contributed by atoms with Crippen LogP contribution in [-0.4, -0.2) is 66.7 Å². The highest BCUT2D eigenvalue weighted by atomic mass is 16.4. The first-order chi connectivity index (χ1) is 10.6. The average Bonchev–Trinajstić information content (AvgIpc) is 2.44. The molecule has 0 heterocycles. The van der Waals surface area contributed by atoms with Crippen molar-refractivity contribution in [2.24, 2.45) is 22.2 Å². The summed E-state index contributed by atoms with van der Waals surface area (Å²) in [5.74, 6) is -2.51. The molecule has 0 spiro atoms. The lowest BCUT2D eigenvalue weighted by atomic mass is 10.1. The van der Waals surface area contributed by atoms with Crippen LogP contribution >= 0.6 is 0 Å². The van der Waals surface area contributed by atoms with E-state index in [0.717, 1.165) is 0 Å². The second-order valence-corrected chi connectivity index (χ2v) is 4.48. The van der Waals surface area contributed by atoms with Gasteiger partial charge in [-0.25, -0.2) is 0 Å². The monoisotopic (exact) mass is 334 g/mol. The number of carboxylic acids is 2. The normalized spacial score (nSPS) is 12.3. The Bertz CT molecular complexity index is 411. The molecule has 0 fully saturated rings. The quantitative estimate of drug-likeness (QED) is 0.125. The number of likely N-dealkylation sites (N-methyl/N-ethyl adjacent to an activating group) is 2. The summed E-state index contributed by atoms with van der Waals surface area (Å²) in [6, 6.07) is -1.38. The number of hydrogen-bond acceptors (Lipinski definition) is 6. The molecule has 0 aromatic heterocycles. The van der Waals surface area contributed by atoms with E-state index in [2.05, 4.69) is 15.6 Å². The minimum atomic E-state index is -1.07. The second kappa shape index (κ2) is 13.3. The number of carbonyl (C=O) groups is 3. The third-order valence-electron chi connectivity index (χ3n) is 2.64. The van der Waals surface area contributed by atoms with E-state index in [1.807, 2.05) is 0 Å². The maximum absolute atomic E-state index is 10.5. The van der Waals surface area contributed by atoms with Crippen molar-refractivity contribution in [3.05, 3.63) is 0 Å². The van der Waals surface area contributed by atoms with E-state index in [0.29, 0.717) is 19.4 Å². The summed E-state index contributed by atoms with van der Waals surface area (Å²) < 4.78 is 0. The van der Waals surface area contributed by atoms with E-state index < -0.39 is 29.9 Å². The van der Waals surface area contributed by atoms with Gasteiger partial charge in [0, 0.05) is 6.54 Å². The van der Waals surface area contributed by atoms with Crippen molar-refractivity contribution in [3.8, 4) is 0 Å². The molecule has 11 nitrogen and oxygen atoms in total. The van der Waals surface area contributed by atoms with Gasteiger partial charge in [0.1, 0.15) is 12.1 Å². The number of primary amides is 1. The van der Waals surface area contributed by atoms with Crippen molar-refractivity contribution in [3.63, 3.8) is 0 Å². The van der Waals surface area contributed by atoms with Gasteiger partial charge in [0.2, 0.25) is 5.91 Å². The Morgan fingerprint density at radius 3 is 1.74 bits per heavy atom. The standard InChI is InChI=1S/C7H16N4O2.C5H10N2O3/c1-10-5(6(12)13)3-2-4-11-7(8)9;1-7-3(5(9)10)2-4(6)8/h5,10H,2-4H2,1H3,(H,12,13)(H4,8,9,11);3,7H,2H2,1H3,(H2,6,8)(H,9,10)/t5-;3-/m00/s1. The topological polar surface area (TPSA) is 206 Å². The largest absolute Gasteiger partial charge is 0.480 e. The molecule has 0 unspecified atom stereocenters. The minimum Gasteiger partial charge on any atom is -0.480 e. The van der Waals surface area contributed by atoms with Gasteiger partial charge < -0.3 is 38.0 Å². The molecular formula is C12H26N6O5. The number of nitrogens with two attached hydrogens (primary N) is 3. The number of nitrogens with zero attached hydrogens (tertiary/aromatic N) is 1. The van der Waals surface area contributed by atoms with Gasteiger partial charge in [-0.15, -0.1) is 0 Å². The predicted octanol–water partition coefficient (Wildman–Crippen LogP) is -2.75. The SMILES string of the molecule is CN[C@@H](CC(N)=O)C(=O)O.CN[C@@H](CCCN=C(N)N)C(=O)O. The Kier molecular flexibility index (Phi) is 13.2. The molecule has 0 aliphatic carbocycles. The van der Waals surface area contributed by atoms with Gasteiger partial charge in [0.15, 0.2) is 5.96 Å². The van der Waals surface area contributed by atoms with Gasteiger partial charge in [-0.05, 0) is 26.9 Å². The molecule has 0 aromatic rings. The summed E-state index contributed by atoms with van der Waals surface area (Å²) in [5.41, 5.74) is 15.0. The zero-order valence-electron chi connectivity index (χ0n) is 13.3. The Morgan fingerprint density at radius 1 is 1.00 bits per heavy atom. The molecule has 0 rings (SSSR count). The lowest BCUT2D eigenvalue weighted by Gasteiger charge is -2.09. The van der Waals surface area contributed by atoms with Crippen molar-refractivity contribution >= 4 is 23.8 Å². The summed E-state index contributed by atoms with van der Waals surface area (Å²) in [7, 11) is 3.07. The van der Waals surface area contributed by atoms with Crippen LogP contribution in [0.5, 0.6) is 0 Å². The van der Waals surface area contributed by atoms with Gasteiger partial charge in [-0.2, -0.15) is 0 Å². The molecule has 0 saturated heterocycles. The van der Waals surface area contributed by atoms with E-state index in [1.165, 1.54) is 7.05 Å². The summed E-state index contributed by atoms with van der Waals surface area (Å²) in [6.07, 6.45) is 0.990. The number of aliphatic imine (C=N–C) groups is 1. The van der Waals surface area contributed by atoms with Gasteiger partial charge in [-0.3, -0.25) is 19.4 Å². The second-order valence-electron chi connectivity index (χ2n) is 4.48. The first kappa shape index (κ1) is 22.9. The number of guanidine groups is 1. The highest BCUT2D eigenvalue weighted by molar-refractivity contribution is 5.83. The van der Waals surface area contributed by atoms with E-state index in [1.54, 1.807) is 7.05 Å². The molecular weight excluding hydrogens is 308 g/mol. The molecule has 23 heavy (non-hydrogen) atoms. The Labute approximate surface area is 134 Å². The number of carboxylic acid groups (broad SMARTS) is 2. The first-order valence-corrected chi connectivity index (χ1v) is 6.79. The molecule has 11 heteroatoms. The van der Waals surface area contributed by atoms with Crippen molar-refractivity contribution in [2.75, 3.05) is 20.6 Å². The highest BCUT2D eigenvalue weighted by Crippen LogP contribution is 1.97. The molecule has 0 saturated carbocycles. The average molecular weight is 334 g/mol. The van der Waals surface area contributed by atoms with Crippen LogP contribution in [0.25, 0.3) is 0 Å². The van der Waals surface area contributed by atoms with Crippen LogP contribution in [0.1, 0.15) is 19.3 Å². The summed E-state index contributed by atoms with van der Waals surface area (Å²) in [5, 5.41) is 22.1. The van der Waals surface area contributed by atoms with Crippen LogP contribution < -0.4 is 27.8 Å². The zero-order valence-corrected chi connectivity index (χ0v) is 13.3. The van der Waals surface area contributed by atoms with Gasteiger partial charge in [0.25, 0.3) is 0 Å². The molecule has 0 aliphatic rings. The number of nitrogens with one attached hydrogen (secondary N) is 2. The lowest BCUT2D eigenvalue weighted by Crippen LogP contribution is -2.37. The maximum Gasteiger partial charge on any atom is 0.321 e. The van der Waals surface area contributed by atoms with Crippen LogP contribution in [0.2, 0.25) is 0 Å². The molecule has 2 atom stereocenters. The fourth-order valence-corrected chi connectivity index (χ4v) is 1.41. The smallest absolute Gasteiger partial charge is 0.321 e. The summed E-state index contributed by atoms with van der Waals surface area (Å²) in [4.78, 5) is 34.6. The predicted molar refractivity (Wildman–Crippen MR) is 84.7 cm³/mol. The summed E-state index contributed by atoms with van der Waals surface area (Å²) >= 11 is 0. The molecule has 0 aliphatic heterocycles. The molecule has 0 radical (unpaired) electrons. The Balaban J connectivity index is 0. The van der Waals surface area contributed by atoms with E-state index in [9.17, 15) is 14.4 Å². The summed E-state index contributed by atoms with van der Waals surface area (Å²) in [6.45, 7) is 0.466. The van der Waals surface area contributed by atoms with Gasteiger partial charge in [-0.1, -0.05) is 0 Å². The molecule has 0 bridgehead atoms. The molecule has 1 amide bonds. The van der Waals surface area contributed by atoms with Crippen molar-refractivity contribution < 1.29 is 24.6 Å². The molecule has 134 valence electrons. The van der Waals surface area contributed by atoms with Crippen LogP contribution in [-0.2, 0) is 14.4 Å². The number of amides is 1. The van der Waals surface area contributed by atoms with Crippen LogP contribution in [0, 0.1) is 0 Å². The van der Waals surface area contributed by atoms with Gasteiger partial charge >= 0.3 is 11.9 Å². The maximum atomic E-state index is 10.5. The Morgan fingerprint density at radius 2 is 1.48 bits per heavy atom. The number of rotatable bonds is 10. The van der Waals surface area contributed by atoms with Crippen molar-refractivity contribution in [1.82, 2.24) is 10.6 Å². The number of hydrogen-bond donors (Lipinski definition) is 7. The highest BCUT2D eigenvalue weighted by Gasteiger charge is 2.16. The third kappa shape index (κ3) is 14.3.